The molecule has 0 amide bonds. The van der Waals surface area contributed by atoms with Crippen LogP contribution in [0.5, 0.6) is 5.75 Å². The molecule has 0 bridgehead atoms. The summed E-state index contributed by atoms with van der Waals surface area (Å²) in [4.78, 5) is 11.6. The fourth-order valence-electron chi connectivity index (χ4n) is 1.48. The van der Waals surface area contributed by atoms with Gasteiger partial charge in [-0.2, -0.15) is 0 Å². The molecule has 1 aromatic carbocycles. The van der Waals surface area contributed by atoms with Crippen LogP contribution in [-0.4, -0.2) is 18.7 Å². The summed E-state index contributed by atoms with van der Waals surface area (Å²) in [6.07, 6.45) is 0.286. The van der Waals surface area contributed by atoms with E-state index in [1.807, 2.05) is 6.92 Å². The van der Waals surface area contributed by atoms with Crippen molar-refractivity contribution in [3.63, 3.8) is 0 Å². The molecule has 0 spiro atoms. The van der Waals surface area contributed by atoms with Gasteiger partial charge in [-0.15, -0.1) is 0 Å². The fraction of sp³-hybridized carbons (Fsp3) is 0.462. The average molecular weight is 258 g/mol. The molecule has 0 radical (unpaired) electrons. The van der Waals surface area contributed by atoms with Gasteiger partial charge in [0.25, 0.3) is 0 Å². The number of halogens is 2. The molecule has 100 valence electrons. The van der Waals surface area contributed by atoms with Gasteiger partial charge in [-0.05, 0) is 13.3 Å². The highest BCUT2D eigenvalue weighted by atomic mass is 19.1. The zero-order chi connectivity index (χ0) is 13.5. The third-order valence-electron chi connectivity index (χ3n) is 2.21. The number of carbonyl (C=O) groups is 1. The van der Waals surface area contributed by atoms with Crippen LogP contribution in [0.4, 0.5) is 8.78 Å². The lowest BCUT2D eigenvalue weighted by molar-refractivity contribution is -0.151. The molecular weight excluding hydrogens is 242 g/mol. The maximum Gasteiger partial charge on any atom is 0.347 e. The molecule has 5 heteroatoms. The molecule has 1 atom stereocenters. The molecule has 0 N–H and O–H groups in total. The van der Waals surface area contributed by atoms with Crippen molar-refractivity contribution in [1.29, 1.82) is 0 Å². The summed E-state index contributed by atoms with van der Waals surface area (Å²) in [5.41, 5.74) is 0. The number of ether oxygens (including phenoxy) is 2. The van der Waals surface area contributed by atoms with Gasteiger partial charge in [-0.3, -0.25) is 0 Å². The van der Waals surface area contributed by atoms with E-state index in [1.54, 1.807) is 6.92 Å². The molecule has 0 aliphatic carbocycles. The van der Waals surface area contributed by atoms with Gasteiger partial charge in [0.1, 0.15) is 17.4 Å². The highest BCUT2D eigenvalue weighted by Crippen LogP contribution is 2.18. The highest BCUT2D eigenvalue weighted by molar-refractivity contribution is 5.75. The van der Waals surface area contributed by atoms with E-state index in [9.17, 15) is 13.6 Å². The van der Waals surface area contributed by atoms with Crippen molar-refractivity contribution < 1.29 is 23.0 Å². The second-order valence-electron chi connectivity index (χ2n) is 3.75. The molecule has 1 unspecified atom stereocenters. The summed E-state index contributed by atoms with van der Waals surface area (Å²) in [5, 5.41) is 0. The highest BCUT2D eigenvalue weighted by Gasteiger charge is 2.21. The lowest BCUT2D eigenvalue weighted by Crippen LogP contribution is -2.29. The van der Waals surface area contributed by atoms with Crippen molar-refractivity contribution in [2.24, 2.45) is 0 Å². The van der Waals surface area contributed by atoms with Crippen LogP contribution in [0.3, 0.4) is 0 Å². The number of benzene rings is 1. The van der Waals surface area contributed by atoms with E-state index in [0.29, 0.717) is 12.8 Å². The summed E-state index contributed by atoms with van der Waals surface area (Å²) < 4.78 is 36.1. The minimum atomic E-state index is -0.837. The molecule has 0 aromatic heterocycles. The summed E-state index contributed by atoms with van der Waals surface area (Å²) in [5.74, 6) is -2.03. The molecule has 18 heavy (non-hydrogen) atoms. The summed E-state index contributed by atoms with van der Waals surface area (Å²) in [6, 6.07) is 2.81. The Kier molecular flexibility index (Phi) is 5.55. The van der Waals surface area contributed by atoms with Gasteiger partial charge in [0.15, 0.2) is 6.10 Å². The Hall–Kier alpha value is -1.65. The molecular formula is C13H16F2O3. The Labute approximate surface area is 105 Å². The lowest BCUT2D eigenvalue weighted by atomic mass is 10.2. The van der Waals surface area contributed by atoms with E-state index >= 15 is 0 Å². The summed E-state index contributed by atoms with van der Waals surface area (Å²) in [6.45, 7) is 3.80. The van der Waals surface area contributed by atoms with Gasteiger partial charge in [0.2, 0.25) is 0 Å². The molecule has 3 nitrogen and oxygen atoms in total. The standard InChI is InChI=1S/C13H16F2O3/c1-3-5-12(13(16)17-4-2)18-11-7-9(14)6-10(15)8-11/h6-8,12H,3-5H2,1-2H3. The zero-order valence-corrected chi connectivity index (χ0v) is 10.4. The Morgan fingerprint density at radius 2 is 1.83 bits per heavy atom. The van der Waals surface area contributed by atoms with Gasteiger partial charge >= 0.3 is 5.97 Å². The van der Waals surface area contributed by atoms with Gasteiger partial charge < -0.3 is 9.47 Å². The van der Waals surface area contributed by atoms with Crippen LogP contribution in [-0.2, 0) is 9.53 Å². The predicted octanol–water partition coefficient (Wildman–Crippen LogP) is 3.08. The third kappa shape index (κ3) is 4.31. The lowest BCUT2D eigenvalue weighted by Gasteiger charge is -2.17. The summed E-state index contributed by atoms with van der Waals surface area (Å²) in [7, 11) is 0. The smallest absolute Gasteiger partial charge is 0.347 e. The molecule has 0 saturated heterocycles. The maximum atomic E-state index is 13.0. The van der Waals surface area contributed by atoms with E-state index in [2.05, 4.69) is 0 Å². The molecule has 0 aliphatic heterocycles. The SMILES string of the molecule is CCCC(Oc1cc(F)cc(F)c1)C(=O)OCC. The molecule has 0 aliphatic rings. The zero-order valence-electron chi connectivity index (χ0n) is 10.4. The van der Waals surface area contributed by atoms with Gasteiger partial charge in [0.05, 0.1) is 6.61 Å². The topological polar surface area (TPSA) is 35.5 Å². The van der Waals surface area contributed by atoms with Crippen LogP contribution in [0.15, 0.2) is 18.2 Å². The van der Waals surface area contributed by atoms with E-state index in [0.717, 1.165) is 18.2 Å². The molecule has 0 saturated carbocycles. The minimum Gasteiger partial charge on any atom is -0.479 e. The second-order valence-corrected chi connectivity index (χ2v) is 3.75. The fourth-order valence-corrected chi connectivity index (χ4v) is 1.48. The Bertz CT molecular complexity index is 387. The van der Waals surface area contributed by atoms with Crippen LogP contribution in [0.1, 0.15) is 26.7 Å². The first-order valence-electron chi connectivity index (χ1n) is 5.86. The molecule has 1 aromatic rings. The van der Waals surface area contributed by atoms with E-state index < -0.39 is 23.7 Å². The predicted molar refractivity (Wildman–Crippen MR) is 62.3 cm³/mol. The van der Waals surface area contributed by atoms with Crippen LogP contribution < -0.4 is 4.74 Å². The van der Waals surface area contributed by atoms with E-state index in [4.69, 9.17) is 9.47 Å². The first kappa shape index (κ1) is 14.4. The summed E-state index contributed by atoms with van der Waals surface area (Å²) >= 11 is 0. The molecule has 0 fully saturated rings. The first-order chi connectivity index (χ1) is 8.56. The van der Waals surface area contributed by atoms with Crippen molar-refractivity contribution in [2.45, 2.75) is 32.8 Å². The van der Waals surface area contributed by atoms with Gasteiger partial charge in [0, 0.05) is 18.2 Å². The Morgan fingerprint density at radius 3 is 2.33 bits per heavy atom. The van der Waals surface area contributed by atoms with Crippen molar-refractivity contribution in [1.82, 2.24) is 0 Å². The van der Waals surface area contributed by atoms with Gasteiger partial charge in [-0.1, -0.05) is 13.3 Å². The van der Waals surface area contributed by atoms with Crippen LogP contribution in [0.2, 0.25) is 0 Å². The quantitative estimate of drug-likeness (QED) is 0.735. The van der Waals surface area contributed by atoms with E-state index in [-0.39, 0.29) is 12.4 Å². The van der Waals surface area contributed by atoms with Crippen LogP contribution >= 0.6 is 0 Å². The van der Waals surface area contributed by atoms with E-state index in [1.165, 1.54) is 0 Å². The van der Waals surface area contributed by atoms with Crippen LogP contribution in [0.25, 0.3) is 0 Å². The molecule has 0 heterocycles. The first-order valence-corrected chi connectivity index (χ1v) is 5.86. The average Bonchev–Trinajstić information content (AvgIpc) is 2.27. The largest absolute Gasteiger partial charge is 0.479 e. The number of carbonyl (C=O) groups excluding carboxylic acids is 1. The number of hydrogen-bond acceptors (Lipinski definition) is 3. The van der Waals surface area contributed by atoms with Crippen molar-refractivity contribution >= 4 is 5.97 Å². The minimum absolute atomic E-state index is 0.0148. The van der Waals surface area contributed by atoms with Crippen molar-refractivity contribution in [2.75, 3.05) is 6.61 Å². The van der Waals surface area contributed by atoms with Crippen LogP contribution in [0, 0.1) is 11.6 Å². The second kappa shape index (κ2) is 6.93. The monoisotopic (exact) mass is 258 g/mol. The number of esters is 1. The Morgan fingerprint density at radius 1 is 1.22 bits per heavy atom. The third-order valence-corrected chi connectivity index (χ3v) is 2.21. The number of rotatable bonds is 6. The normalized spacial score (nSPS) is 12.0. The molecule has 1 rings (SSSR count). The number of hydrogen-bond donors (Lipinski definition) is 0. The van der Waals surface area contributed by atoms with Gasteiger partial charge in [-0.25, -0.2) is 13.6 Å². The van der Waals surface area contributed by atoms with Crippen molar-refractivity contribution in [3.05, 3.63) is 29.8 Å². The Balaban J connectivity index is 2.78. The maximum absolute atomic E-state index is 13.0. The van der Waals surface area contributed by atoms with Crippen molar-refractivity contribution in [3.8, 4) is 5.75 Å².